The second-order valence-corrected chi connectivity index (χ2v) is 5.54. The Bertz CT molecular complexity index is 799. The normalized spacial score (nSPS) is 10.4. The van der Waals surface area contributed by atoms with Gasteiger partial charge in [0.2, 0.25) is 5.91 Å². The van der Waals surface area contributed by atoms with Crippen molar-refractivity contribution in [2.45, 2.75) is 12.8 Å². The molecule has 8 heteroatoms. The lowest BCUT2D eigenvalue weighted by atomic mass is 10.2. The number of hydrogen-bond donors (Lipinski definition) is 2. The Hall–Kier alpha value is -2.54. The van der Waals surface area contributed by atoms with Crippen LogP contribution in [-0.4, -0.2) is 18.4 Å². The molecular weight excluding hydrogens is 357 g/mol. The molecule has 2 amide bonds. The van der Waals surface area contributed by atoms with Gasteiger partial charge in [-0.15, -0.1) is 0 Å². The van der Waals surface area contributed by atoms with E-state index in [9.17, 15) is 22.8 Å². The highest BCUT2D eigenvalue weighted by Gasteiger charge is 2.13. The molecule has 2 aromatic rings. The second-order valence-electron chi connectivity index (χ2n) is 5.13. The summed E-state index contributed by atoms with van der Waals surface area (Å²) in [5, 5.41) is 4.69. The first-order valence-corrected chi connectivity index (χ1v) is 7.73. The van der Waals surface area contributed by atoms with Crippen molar-refractivity contribution in [1.29, 1.82) is 0 Å². The summed E-state index contributed by atoms with van der Waals surface area (Å²) in [5.74, 6) is -3.63. The van der Waals surface area contributed by atoms with Crippen molar-refractivity contribution < 1.29 is 22.8 Å². The minimum atomic E-state index is -0.966. The van der Waals surface area contributed by atoms with Crippen LogP contribution in [0.2, 0.25) is 5.02 Å². The van der Waals surface area contributed by atoms with E-state index in [1.54, 1.807) is 0 Å². The van der Waals surface area contributed by atoms with E-state index in [4.69, 9.17) is 11.6 Å². The van der Waals surface area contributed by atoms with Gasteiger partial charge >= 0.3 is 0 Å². The molecule has 0 aromatic heterocycles. The molecule has 0 aliphatic heterocycles. The maximum Gasteiger partial charge on any atom is 0.254 e. The number of amides is 2. The van der Waals surface area contributed by atoms with Gasteiger partial charge in [0, 0.05) is 19.0 Å². The lowest BCUT2D eigenvalue weighted by molar-refractivity contribution is -0.116. The topological polar surface area (TPSA) is 58.2 Å². The number of carbonyl (C=O) groups excluding carboxylic acids is 2. The average molecular weight is 371 g/mol. The van der Waals surface area contributed by atoms with Gasteiger partial charge in [0.1, 0.15) is 11.6 Å². The quantitative estimate of drug-likeness (QED) is 0.757. The van der Waals surface area contributed by atoms with E-state index >= 15 is 0 Å². The van der Waals surface area contributed by atoms with Crippen LogP contribution in [0.25, 0.3) is 0 Å². The molecule has 0 fully saturated rings. The Morgan fingerprint density at radius 1 is 1.08 bits per heavy atom. The van der Waals surface area contributed by atoms with E-state index in [0.717, 1.165) is 12.1 Å². The Labute approximate surface area is 147 Å². The number of benzene rings is 2. The number of carbonyl (C=O) groups is 2. The molecule has 2 N–H and O–H groups in total. The van der Waals surface area contributed by atoms with Crippen molar-refractivity contribution in [2.24, 2.45) is 0 Å². The van der Waals surface area contributed by atoms with Gasteiger partial charge in [-0.3, -0.25) is 9.59 Å². The number of anilines is 1. The van der Waals surface area contributed by atoms with Gasteiger partial charge in [0.05, 0.1) is 16.3 Å². The lowest BCUT2D eigenvalue weighted by Crippen LogP contribution is -2.26. The number of rotatable bonds is 6. The summed E-state index contributed by atoms with van der Waals surface area (Å²) in [6.07, 6.45) is 0.265. The third kappa shape index (κ3) is 5.22. The van der Waals surface area contributed by atoms with Crippen LogP contribution in [0.3, 0.4) is 0 Å². The first-order valence-electron chi connectivity index (χ1n) is 7.35. The monoisotopic (exact) mass is 370 g/mol. The van der Waals surface area contributed by atoms with Crippen LogP contribution < -0.4 is 10.6 Å². The van der Waals surface area contributed by atoms with Gasteiger partial charge in [-0.2, -0.15) is 0 Å². The fourth-order valence-electron chi connectivity index (χ4n) is 2.03. The summed E-state index contributed by atoms with van der Waals surface area (Å²) in [5.41, 5.74) is -0.318. The van der Waals surface area contributed by atoms with Gasteiger partial charge < -0.3 is 10.6 Å². The molecule has 2 rings (SSSR count). The molecule has 0 unspecified atom stereocenters. The van der Waals surface area contributed by atoms with Gasteiger partial charge in [-0.1, -0.05) is 17.7 Å². The summed E-state index contributed by atoms with van der Waals surface area (Å²) in [6.45, 7) is 0.0983. The molecule has 0 saturated carbocycles. The van der Waals surface area contributed by atoms with Crippen LogP contribution in [0.15, 0.2) is 36.4 Å². The highest BCUT2D eigenvalue weighted by Crippen LogP contribution is 2.22. The molecule has 0 saturated heterocycles. The van der Waals surface area contributed by atoms with Crippen LogP contribution in [0, 0.1) is 17.5 Å². The summed E-state index contributed by atoms with van der Waals surface area (Å²) in [4.78, 5) is 23.5. The maximum atomic E-state index is 13.6. The maximum absolute atomic E-state index is 13.6. The Kier molecular flexibility index (Phi) is 6.41. The Balaban J connectivity index is 1.78. The van der Waals surface area contributed by atoms with E-state index in [2.05, 4.69) is 10.6 Å². The first kappa shape index (κ1) is 18.8. The fourth-order valence-corrected chi connectivity index (χ4v) is 2.21. The molecule has 132 valence electrons. The molecule has 4 nitrogen and oxygen atoms in total. The lowest BCUT2D eigenvalue weighted by Gasteiger charge is -2.08. The van der Waals surface area contributed by atoms with Crippen molar-refractivity contribution >= 4 is 29.1 Å². The third-order valence-electron chi connectivity index (χ3n) is 3.27. The zero-order chi connectivity index (χ0) is 18.4. The highest BCUT2D eigenvalue weighted by atomic mass is 35.5. The average Bonchev–Trinajstić information content (AvgIpc) is 2.55. The third-order valence-corrected chi connectivity index (χ3v) is 3.56. The van der Waals surface area contributed by atoms with Gasteiger partial charge in [-0.25, -0.2) is 13.2 Å². The Morgan fingerprint density at radius 2 is 1.84 bits per heavy atom. The summed E-state index contributed by atoms with van der Waals surface area (Å²) in [6, 6.07) is 6.86. The summed E-state index contributed by atoms with van der Waals surface area (Å²) in [7, 11) is 0. The molecule has 0 bridgehead atoms. The van der Waals surface area contributed by atoms with E-state index in [1.807, 2.05) is 0 Å². The highest BCUT2D eigenvalue weighted by molar-refractivity contribution is 6.31. The minimum absolute atomic E-state index is 0.0120. The molecule has 0 aliphatic rings. The number of nitrogens with one attached hydrogen (secondary N) is 2. The van der Waals surface area contributed by atoms with Crippen molar-refractivity contribution in [3.05, 3.63) is 64.4 Å². The van der Waals surface area contributed by atoms with Crippen LogP contribution in [0.4, 0.5) is 18.9 Å². The first-order chi connectivity index (χ1) is 11.9. The van der Waals surface area contributed by atoms with E-state index in [-0.39, 0.29) is 35.7 Å². The largest absolute Gasteiger partial charge is 0.352 e. The molecule has 0 aliphatic carbocycles. The number of hydrogen-bond acceptors (Lipinski definition) is 2. The molecule has 25 heavy (non-hydrogen) atoms. The fraction of sp³-hybridized carbons (Fsp3) is 0.176. The molecule has 0 atom stereocenters. The van der Waals surface area contributed by atoms with Crippen molar-refractivity contribution in [3.63, 3.8) is 0 Å². The Morgan fingerprint density at radius 3 is 2.56 bits per heavy atom. The van der Waals surface area contributed by atoms with Crippen LogP contribution in [0.5, 0.6) is 0 Å². The smallest absolute Gasteiger partial charge is 0.254 e. The second kappa shape index (κ2) is 8.53. The molecule has 0 heterocycles. The zero-order valence-corrected chi connectivity index (χ0v) is 13.7. The van der Waals surface area contributed by atoms with Gasteiger partial charge in [0.25, 0.3) is 5.91 Å². The predicted octanol–water partition coefficient (Wildman–Crippen LogP) is 3.91. The van der Waals surface area contributed by atoms with Crippen molar-refractivity contribution in [2.75, 3.05) is 11.9 Å². The van der Waals surface area contributed by atoms with Crippen molar-refractivity contribution in [3.8, 4) is 0 Å². The van der Waals surface area contributed by atoms with E-state index < -0.39 is 29.3 Å². The summed E-state index contributed by atoms with van der Waals surface area (Å²) >= 11 is 5.61. The minimum Gasteiger partial charge on any atom is -0.352 e. The summed E-state index contributed by atoms with van der Waals surface area (Å²) < 4.78 is 39.9. The molecule has 0 spiro atoms. The van der Waals surface area contributed by atoms with Crippen LogP contribution in [-0.2, 0) is 4.79 Å². The van der Waals surface area contributed by atoms with Crippen LogP contribution in [0.1, 0.15) is 23.2 Å². The SMILES string of the molecule is O=C(CCCNC(=O)c1ccc(F)cc1F)Nc1cccc(Cl)c1F. The number of halogens is 4. The van der Waals surface area contributed by atoms with Gasteiger partial charge in [-0.05, 0) is 30.7 Å². The van der Waals surface area contributed by atoms with E-state index in [0.29, 0.717) is 6.07 Å². The zero-order valence-electron chi connectivity index (χ0n) is 12.9. The molecule has 2 aromatic carbocycles. The van der Waals surface area contributed by atoms with Crippen molar-refractivity contribution in [1.82, 2.24) is 5.32 Å². The molecular formula is C17H14ClF3N2O2. The predicted molar refractivity (Wildman–Crippen MR) is 88.0 cm³/mol. The molecule has 0 radical (unpaired) electrons. The van der Waals surface area contributed by atoms with Crippen LogP contribution >= 0.6 is 11.6 Å². The van der Waals surface area contributed by atoms with E-state index in [1.165, 1.54) is 18.2 Å². The standard InChI is InChI=1S/C17H14ClF3N2O2/c18-12-3-1-4-14(16(12)21)23-15(24)5-2-8-22-17(25)11-7-6-10(19)9-13(11)20/h1,3-4,6-7,9H,2,5,8H2,(H,22,25)(H,23,24). The van der Waals surface area contributed by atoms with Gasteiger partial charge in [0.15, 0.2) is 5.82 Å².